The zero-order valence-electron chi connectivity index (χ0n) is 11.9. The Labute approximate surface area is 127 Å². The number of aromatic nitrogens is 2. The Morgan fingerprint density at radius 1 is 1.29 bits per heavy atom. The van der Waals surface area contributed by atoms with Crippen LogP contribution < -0.4 is 20.3 Å². The zero-order valence-corrected chi connectivity index (χ0v) is 12.7. The molecule has 21 heavy (non-hydrogen) atoms. The van der Waals surface area contributed by atoms with Crippen molar-refractivity contribution in [3.63, 3.8) is 0 Å². The standard InChI is InChI=1S/C14H16ClN3O3/c1-8(18-13-12(15)14(19)17-7-16-13)9-4-5-10(20-2)11(6-9)21-3/h4-8H,1-3H3,(H2,16,17,18,19). The lowest BCUT2D eigenvalue weighted by Crippen LogP contribution is -2.14. The molecule has 0 aliphatic rings. The Bertz CT molecular complexity index is 687. The smallest absolute Gasteiger partial charge is 0.271 e. The molecule has 0 bridgehead atoms. The molecule has 1 heterocycles. The molecular weight excluding hydrogens is 294 g/mol. The monoisotopic (exact) mass is 309 g/mol. The third-order valence-electron chi connectivity index (χ3n) is 3.06. The highest BCUT2D eigenvalue weighted by molar-refractivity contribution is 6.32. The number of nitrogens with zero attached hydrogens (tertiary/aromatic N) is 1. The third-order valence-corrected chi connectivity index (χ3v) is 3.41. The molecule has 7 heteroatoms. The van der Waals surface area contributed by atoms with Gasteiger partial charge in [-0.05, 0) is 24.6 Å². The van der Waals surface area contributed by atoms with Gasteiger partial charge in [0.15, 0.2) is 17.3 Å². The maximum Gasteiger partial charge on any atom is 0.271 e. The number of nitrogens with one attached hydrogen (secondary N) is 2. The van der Waals surface area contributed by atoms with Gasteiger partial charge in [-0.25, -0.2) is 4.98 Å². The van der Waals surface area contributed by atoms with Gasteiger partial charge in [-0.15, -0.1) is 0 Å². The van der Waals surface area contributed by atoms with E-state index in [4.69, 9.17) is 21.1 Å². The van der Waals surface area contributed by atoms with Gasteiger partial charge in [-0.2, -0.15) is 0 Å². The van der Waals surface area contributed by atoms with Crippen LogP contribution in [0.2, 0.25) is 5.02 Å². The molecule has 2 aromatic rings. The summed E-state index contributed by atoms with van der Waals surface area (Å²) in [4.78, 5) is 17.9. The quantitative estimate of drug-likeness (QED) is 0.888. The van der Waals surface area contributed by atoms with Crippen molar-refractivity contribution in [2.75, 3.05) is 19.5 Å². The van der Waals surface area contributed by atoms with Crippen molar-refractivity contribution in [2.45, 2.75) is 13.0 Å². The van der Waals surface area contributed by atoms with Gasteiger partial charge in [0.05, 0.1) is 26.6 Å². The molecule has 1 aromatic carbocycles. The van der Waals surface area contributed by atoms with E-state index in [1.165, 1.54) is 6.33 Å². The lowest BCUT2D eigenvalue weighted by molar-refractivity contribution is 0.354. The first kappa shape index (κ1) is 15.2. The summed E-state index contributed by atoms with van der Waals surface area (Å²) in [6.07, 6.45) is 1.30. The van der Waals surface area contributed by atoms with Crippen LogP contribution in [0, 0.1) is 0 Å². The molecule has 6 nitrogen and oxygen atoms in total. The number of H-pyrrole nitrogens is 1. The lowest BCUT2D eigenvalue weighted by atomic mass is 10.1. The molecule has 112 valence electrons. The van der Waals surface area contributed by atoms with Gasteiger partial charge in [-0.3, -0.25) is 4.79 Å². The summed E-state index contributed by atoms with van der Waals surface area (Å²) in [5.41, 5.74) is 0.569. The first-order chi connectivity index (χ1) is 10.1. The highest BCUT2D eigenvalue weighted by Gasteiger charge is 2.13. The van der Waals surface area contributed by atoms with Crippen LogP contribution in [-0.2, 0) is 0 Å². The molecule has 2 rings (SSSR count). The van der Waals surface area contributed by atoms with E-state index in [0.29, 0.717) is 17.3 Å². The molecule has 0 amide bonds. The van der Waals surface area contributed by atoms with Crippen LogP contribution >= 0.6 is 11.6 Å². The Morgan fingerprint density at radius 3 is 2.67 bits per heavy atom. The maximum absolute atomic E-state index is 11.4. The molecule has 1 atom stereocenters. The fraction of sp³-hybridized carbons (Fsp3) is 0.286. The summed E-state index contributed by atoms with van der Waals surface area (Å²) in [5, 5.41) is 3.13. The van der Waals surface area contributed by atoms with E-state index in [9.17, 15) is 4.79 Å². The third kappa shape index (κ3) is 3.28. The molecule has 1 unspecified atom stereocenters. The lowest BCUT2D eigenvalue weighted by Gasteiger charge is -2.17. The number of aromatic amines is 1. The van der Waals surface area contributed by atoms with Gasteiger partial charge in [0.2, 0.25) is 0 Å². The average molecular weight is 310 g/mol. The molecule has 0 aliphatic heterocycles. The largest absolute Gasteiger partial charge is 0.493 e. The number of halogens is 1. The van der Waals surface area contributed by atoms with E-state index >= 15 is 0 Å². The van der Waals surface area contributed by atoms with Crippen LogP contribution in [-0.4, -0.2) is 24.2 Å². The van der Waals surface area contributed by atoms with Gasteiger partial charge in [0.25, 0.3) is 5.56 Å². The SMILES string of the molecule is COc1ccc(C(C)Nc2nc[nH]c(=O)c2Cl)cc1OC. The number of rotatable bonds is 5. The minimum Gasteiger partial charge on any atom is -0.493 e. The minimum absolute atomic E-state index is 0.0322. The molecule has 0 saturated carbocycles. The van der Waals surface area contributed by atoms with E-state index in [-0.39, 0.29) is 16.6 Å². The second kappa shape index (κ2) is 6.49. The van der Waals surface area contributed by atoms with Crippen molar-refractivity contribution < 1.29 is 9.47 Å². The first-order valence-corrected chi connectivity index (χ1v) is 6.66. The molecular formula is C14H16ClN3O3. The van der Waals surface area contributed by atoms with Crippen molar-refractivity contribution in [3.8, 4) is 11.5 Å². The van der Waals surface area contributed by atoms with Gasteiger partial charge < -0.3 is 19.8 Å². The highest BCUT2D eigenvalue weighted by atomic mass is 35.5. The number of hydrogen-bond donors (Lipinski definition) is 2. The Balaban J connectivity index is 2.26. The number of hydrogen-bond acceptors (Lipinski definition) is 5. The molecule has 0 fully saturated rings. The van der Waals surface area contributed by atoms with Crippen molar-refractivity contribution >= 4 is 17.4 Å². The first-order valence-electron chi connectivity index (χ1n) is 6.28. The Hall–Kier alpha value is -2.21. The summed E-state index contributed by atoms with van der Waals surface area (Å²) >= 11 is 5.92. The number of benzene rings is 1. The number of ether oxygens (including phenoxy) is 2. The predicted octanol–water partition coefficient (Wildman–Crippen LogP) is 2.61. The van der Waals surface area contributed by atoms with Crippen LogP contribution in [0.3, 0.4) is 0 Å². The van der Waals surface area contributed by atoms with Crippen LogP contribution in [0.5, 0.6) is 11.5 Å². The number of methoxy groups -OCH3 is 2. The van der Waals surface area contributed by atoms with Crippen LogP contribution in [0.15, 0.2) is 29.3 Å². The van der Waals surface area contributed by atoms with Crippen LogP contribution in [0.25, 0.3) is 0 Å². The van der Waals surface area contributed by atoms with Crippen LogP contribution in [0.1, 0.15) is 18.5 Å². The molecule has 0 radical (unpaired) electrons. The average Bonchev–Trinajstić information content (AvgIpc) is 2.51. The van der Waals surface area contributed by atoms with Gasteiger partial charge in [0.1, 0.15) is 5.02 Å². The van der Waals surface area contributed by atoms with Gasteiger partial charge in [-0.1, -0.05) is 17.7 Å². The van der Waals surface area contributed by atoms with E-state index in [1.54, 1.807) is 14.2 Å². The van der Waals surface area contributed by atoms with Gasteiger partial charge >= 0.3 is 0 Å². The molecule has 0 saturated heterocycles. The highest BCUT2D eigenvalue weighted by Crippen LogP contribution is 2.31. The fourth-order valence-electron chi connectivity index (χ4n) is 1.89. The topological polar surface area (TPSA) is 76.2 Å². The zero-order chi connectivity index (χ0) is 15.4. The van der Waals surface area contributed by atoms with E-state index in [1.807, 2.05) is 25.1 Å². The molecule has 1 aromatic heterocycles. The minimum atomic E-state index is -0.381. The van der Waals surface area contributed by atoms with Crippen molar-refractivity contribution in [2.24, 2.45) is 0 Å². The molecule has 2 N–H and O–H groups in total. The Kier molecular flexibility index (Phi) is 4.70. The van der Waals surface area contributed by atoms with E-state index in [0.717, 1.165) is 5.56 Å². The van der Waals surface area contributed by atoms with Crippen molar-refractivity contribution in [3.05, 3.63) is 45.5 Å². The summed E-state index contributed by atoms with van der Waals surface area (Å²) in [6, 6.07) is 5.47. The van der Waals surface area contributed by atoms with Crippen molar-refractivity contribution in [1.82, 2.24) is 9.97 Å². The summed E-state index contributed by atoms with van der Waals surface area (Å²) in [5.74, 6) is 1.62. The van der Waals surface area contributed by atoms with Crippen molar-refractivity contribution in [1.29, 1.82) is 0 Å². The number of anilines is 1. The summed E-state index contributed by atoms with van der Waals surface area (Å²) in [6.45, 7) is 1.93. The fourth-order valence-corrected chi connectivity index (χ4v) is 2.05. The molecule has 0 aliphatic carbocycles. The summed E-state index contributed by atoms with van der Waals surface area (Å²) < 4.78 is 10.5. The normalized spacial score (nSPS) is 11.8. The molecule has 0 spiro atoms. The summed E-state index contributed by atoms with van der Waals surface area (Å²) in [7, 11) is 3.16. The van der Waals surface area contributed by atoms with Crippen LogP contribution in [0.4, 0.5) is 5.82 Å². The predicted molar refractivity (Wildman–Crippen MR) is 81.5 cm³/mol. The Morgan fingerprint density at radius 2 is 2.00 bits per heavy atom. The van der Waals surface area contributed by atoms with E-state index in [2.05, 4.69) is 15.3 Å². The second-order valence-electron chi connectivity index (χ2n) is 4.37. The second-order valence-corrected chi connectivity index (χ2v) is 4.75. The maximum atomic E-state index is 11.4. The van der Waals surface area contributed by atoms with Gasteiger partial charge in [0, 0.05) is 0 Å². The van der Waals surface area contributed by atoms with E-state index < -0.39 is 0 Å².